The molecule has 1 aliphatic heterocycles. The minimum absolute atomic E-state index is 0.834. The highest BCUT2D eigenvalue weighted by molar-refractivity contribution is 6.02. The van der Waals surface area contributed by atoms with E-state index in [1.165, 1.54) is 11.1 Å². The summed E-state index contributed by atoms with van der Waals surface area (Å²) in [6.45, 7) is 1.79. The van der Waals surface area contributed by atoms with Crippen LogP contribution in [0.3, 0.4) is 0 Å². The normalized spacial score (nSPS) is 13.2. The molecule has 0 N–H and O–H groups in total. The predicted octanol–water partition coefficient (Wildman–Crippen LogP) is 5.66. The Kier molecular flexibility index (Phi) is 4.80. The first-order chi connectivity index (χ1) is 16.3. The largest absolute Gasteiger partial charge is 0.497 e. The van der Waals surface area contributed by atoms with Crippen LogP contribution in [0.5, 0.6) is 5.75 Å². The SMILES string of the molecule is COc1ccc(-n2cc(-c3ccccc3)c3c(N4CCc5ccccc5C4)ncnc32)cc1. The Bertz CT molecular complexity index is 1420. The second-order valence-corrected chi connectivity index (χ2v) is 8.31. The first-order valence-corrected chi connectivity index (χ1v) is 11.2. The number of hydrogen-bond acceptors (Lipinski definition) is 4. The van der Waals surface area contributed by atoms with E-state index in [9.17, 15) is 0 Å². The van der Waals surface area contributed by atoms with Crippen molar-refractivity contribution in [1.29, 1.82) is 0 Å². The van der Waals surface area contributed by atoms with Crippen LogP contribution in [0.25, 0.3) is 27.8 Å². The molecule has 6 rings (SSSR count). The Balaban J connectivity index is 1.55. The number of benzene rings is 3. The van der Waals surface area contributed by atoms with Crippen molar-refractivity contribution in [3.63, 3.8) is 0 Å². The van der Waals surface area contributed by atoms with Gasteiger partial charge in [0.2, 0.25) is 0 Å². The summed E-state index contributed by atoms with van der Waals surface area (Å²) in [6.07, 6.45) is 4.88. The van der Waals surface area contributed by atoms with Gasteiger partial charge in [0, 0.05) is 30.5 Å². The van der Waals surface area contributed by atoms with Crippen molar-refractivity contribution in [1.82, 2.24) is 14.5 Å². The fraction of sp³-hybridized carbons (Fsp3) is 0.143. The van der Waals surface area contributed by atoms with Crippen LogP contribution < -0.4 is 9.64 Å². The van der Waals surface area contributed by atoms with E-state index in [1.54, 1.807) is 13.4 Å². The highest BCUT2D eigenvalue weighted by Crippen LogP contribution is 2.38. The predicted molar refractivity (Wildman–Crippen MR) is 132 cm³/mol. The molecule has 5 aromatic rings. The molecular formula is C28H24N4O. The molecule has 5 heteroatoms. The van der Waals surface area contributed by atoms with Crippen molar-refractivity contribution < 1.29 is 4.74 Å². The number of fused-ring (bicyclic) bond motifs is 2. The molecule has 33 heavy (non-hydrogen) atoms. The van der Waals surface area contributed by atoms with Crippen molar-refractivity contribution in [3.05, 3.63) is 103 Å². The first kappa shape index (κ1) is 19.6. The Hall–Kier alpha value is -4.12. The molecule has 0 amide bonds. The van der Waals surface area contributed by atoms with E-state index >= 15 is 0 Å². The molecule has 0 bridgehead atoms. The van der Waals surface area contributed by atoms with Gasteiger partial charge in [-0.2, -0.15) is 0 Å². The van der Waals surface area contributed by atoms with Gasteiger partial charge in [0.05, 0.1) is 12.5 Å². The molecule has 1 aliphatic rings. The zero-order valence-corrected chi connectivity index (χ0v) is 18.5. The number of ether oxygens (including phenoxy) is 1. The van der Waals surface area contributed by atoms with Gasteiger partial charge in [-0.1, -0.05) is 54.6 Å². The number of nitrogens with zero attached hydrogens (tertiary/aromatic N) is 4. The van der Waals surface area contributed by atoms with Gasteiger partial charge >= 0.3 is 0 Å². The van der Waals surface area contributed by atoms with Crippen LogP contribution in [0, 0.1) is 0 Å². The van der Waals surface area contributed by atoms with Crippen LogP contribution in [-0.2, 0) is 13.0 Å². The third-order valence-corrected chi connectivity index (χ3v) is 6.43. The van der Waals surface area contributed by atoms with Crippen LogP contribution in [-0.4, -0.2) is 28.2 Å². The Morgan fingerprint density at radius 1 is 0.818 bits per heavy atom. The summed E-state index contributed by atoms with van der Waals surface area (Å²) < 4.78 is 7.51. The van der Waals surface area contributed by atoms with Crippen molar-refractivity contribution in [3.8, 4) is 22.6 Å². The lowest BCUT2D eigenvalue weighted by Crippen LogP contribution is -2.31. The van der Waals surface area contributed by atoms with E-state index in [0.29, 0.717) is 0 Å². The van der Waals surface area contributed by atoms with Gasteiger partial charge in [-0.3, -0.25) is 0 Å². The maximum Gasteiger partial charge on any atom is 0.150 e. The molecule has 2 aromatic heterocycles. The molecule has 0 radical (unpaired) electrons. The zero-order valence-electron chi connectivity index (χ0n) is 18.5. The standard InChI is InChI=1S/C28H24N4O/c1-33-24-13-11-23(12-14-24)32-18-25(21-8-3-2-4-9-21)26-27(29-19-30-28(26)32)31-16-15-20-7-5-6-10-22(20)17-31/h2-14,18-19H,15-17H2,1H3. The molecule has 3 heterocycles. The van der Waals surface area contributed by atoms with E-state index in [1.807, 2.05) is 18.2 Å². The summed E-state index contributed by atoms with van der Waals surface area (Å²) in [7, 11) is 1.68. The first-order valence-electron chi connectivity index (χ1n) is 11.2. The molecule has 0 spiro atoms. The Labute approximate surface area is 192 Å². The highest BCUT2D eigenvalue weighted by atomic mass is 16.5. The van der Waals surface area contributed by atoms with Crippen molar-refractivity contribution in [2.45, 2.75) is 13.0 Å². The maximum atomic E-state index is 5.35. The molecule has 5 nitrogen and oxygen atoms in total. The van der Waals surface area contributed by atoms with Crippen LogP contribution in [0.2, 0.25) is 0 Å². The van der Waals surface area contributed by atoms with Gasteiger partial charge in [-0.05, 0) is 47.4 Å². The number of rotatable bonds is 4. The molecule has 0 unspecified atom stereocenters. The Morgan fingerprint density at radius 3 is 2.36 bits per heavy atom. The fourth-order valence-electron chi connectivity index (χ4n) is 4.74. The average Bonchev–Trinajstić information content (AvgIpc) is 3.29. The minimum Gasteiger partial charge on any atom is -0.497 e. The molecule has 0 fully saturated rings. The topological polar surface area (TPSA) is 43.2 Å². The molecule has 0 saturated carbocycles. The van der Waals surface area contributed by atoms with Gasteiger partial charge in [-0.15, -0.1) is 0 Å². The van der Waals surface area contributed by atoms with Crippen LogP contribution in [0.1, 0.15) is 11.1 Å². The van der Waals surface area contributed by atoms with E-state index in [2.05, 4.69) is 76.3 Å². The van der Waals surface area contributed by atoms with Crippen LogP contribution >= 0.6 is 0 Å². The fourth-order valence-corrected chi connectivity index (χ4v) is 4.74. The molecular weight excluding hydrogens is 408 g/mol. The van der Waals surface area contributed by atoms with Crippen molar-refractivity contribution in [2.24, 2.45) is 0 Å². The van der Waals surface area contributed by atoms with Crippen molar-refractivity contribution in [2.75, 3.05) is 18.6 Å². The summed E-state index contributed by atoms with van der Waals surface area (Å²) in [5, 5.41) is 1.08. The molecule has 0 saturated heterocycles. The third-order valence-electron chi connectivity index (χ3n) is 6.43. The maximum absolute atomic E-state index is 5.35. The van der Waals surface area contributed by atoms with Crippen molar-refractivity contribution >= 4 is 16.9 Å². The summed E-state index contributed by atoms with van der Waals surface area (Å²) in [6, 6.07) is 27.3. The quantitative estimate of drug-likeness (QED) is 0.368. The number of hydrogen-bond donors (Lipinski definition) is 0. The number of methoxy groups -OCH3 is 1. The van der Waals surface area contributed by atoms with Gasteiger partial charge < -0.3 is 14.2 Å². The smallest absolute Gasteiger partial charge is 0.150 e. The summed E-state index contributed by atoms with van der Waals surface area (Å²) >= 11 is 0. The third kappa shape index (κ3) is 3.42. The van der Waals surface area contributed by atoms with E-state index < -0.39 is 0 Å². The van der Waals surface area contributed by atoms with Gasteiger partial charge in [0.1, 0.15) is 17.9 Å². The van der Waals surface area contributed by atoms with Gasteiger partial charge in [-0.25, -0.2) is 9.97 Å². The number of anilines is 1. The summed E-state index contributed by atoms with van der Waals surface area (Å²) in [5.74, 6) is 1.82. The molecule has 162 valence electrons. The molecule has 3 aromatic carbocycles. The van der Waals surface area contributed by atoms with Crippen LogP contribution in [0.4, 0.5) is 5.82 Å². The zero-order chi connectivity index (χ0) is 22.2. The second kappa shape index (κ2) is 8.10. The highest BCUT2D eigenvalue weighted by Gasteiger charge is 2.23. The average molecular weight is 433 g/mol. The monoisotopic (exact) mass is 432 g/mol. The van der Waals surface area contributed by atoms with Crippen LogP contribution in [0.15, 0.2) is 91.4 Å². The van der Waals surface area contributed by atoms with Gasteiger partial charge in [0.25, 0.3) is 0 Å². The molecule has 0 atom stereocenters. The number of aromatic nitrogens is 3. The van der Waals surface area contributed by atoms with Gasteiger partial charge in [0.15, 0.2) is 5.65 Å². The van der Waals surface area contributed by atoms with E-state index in [0.717, 1.165) is 58.9 Å². The Morgan fingerprint density at radius 2 is 1.58 bits per heavy atom. The lowest BCUT2D eigenvalue weighted by atomic mass is 9.99. The lowest BCUT2D eigenvalue weighted by Gasteiger charge is -2.30. The van der Waals surface area contributed by atoms with E-state index in [4.69, 9.17) is 14.7 Å². The van der Waals surface area contributed by atoms with E-state index in [-0.39, 0.29) is 0 Å². The lowest BCUT2D eigenvalue weighted by molar-refractivity contribution is 0.415. The molecule has 0 aliphatic carbocycles. The minimum atomic E-state index is 0.834. The summed E-state index contributed by atoms with van der Waals surface area (Å²) in [4.78, 5) is 11.9. The second-order valence-electron chi connectivity index (χ2n) is 8.31. The summed E-state index contributed by atoms with van der Waals surface area (Å²) in [5.41, 5.74) is 7.03.